The Morgan fingerprint density at radius 1 is 0.280 bits per heavy atom. The Bertz CT molecular complexity index is 3080. The maximum absolute atomic E-state index is 5.20. The van der Waals surface area contributed by atoms with Crippen LogP contribution < -0.4 is 0 Å². The van der Waals surface area contributed by atoms with Gasteiger partial charge in [0.05, 0.1) is 33.1 Å². The third kappa shape index (κ3) is 3.74. The number of benzene rings is 7. The molecule has 0 aliphatic carbocycles. The van der Waals surface area contributed by atoms with Gasteiger partial charge in [0.15, 0.2) is 17.5 Å². The van der Waals surface area contributed by atoms with Crippen LogP contribution in [0.2, 0.25) is 0 Å². The van der Waals surface area contributed by atoms with Crippen LogP contribution in [-0.2, 0) is 0 Å². The number of rotatable bonds is 3. The SMILES string of the molecule is c1ccc(-c2nc(-c3ccccc3)nc(-c3cccc4c5cccc6c7ccccc7n7c8ccccc8c8cccc(c87)n(c34)c65)n2)cc1. The van der Waals surface area contributed by atoms with E-state index >= 15 is 0 Å². The van der Waals surface area contributed by atoms with Crippen LogP contribution in [0, 0.1) is 0 Å². The van der Waals surface area contributed by atoms with Gasteiger partial charge >= 0.3 is 0 Å². The summed E-state index contributed by atoms with van der Waals surface area (Å²) in [5.41, 5.74) is 9.75. The van der Waals surface area contributed by atoms with E-state index in [4.69, 9.17) is 15.0 Å². The number of nitrogens with zero attached hydrogens (tertiary/aromatic N) is 5. The third-order valence-electron chi connectivity index (χ3n) is 10.1. The molecule has 50 heavy (non-hydrogen) atoms. The van der Waals surface area contributed by atoms with Crippen LogP contribution in [0.5, 0.6) is 0 Å². The van der Waals surface area contributed by atoms with Crippen molar-refractivity contribution in [3.05, 3.63) is 164 Å². The Balaban J connectivity index is 1.39. The number of hydrogen-bond acceptors (Lipinski definition) is 3. The van der Waals surface area contributed by atoms with E-state index in [0.717, 1.165) is 33.1 Å². The van der Waals surface area contributed by atoms with E-state index in [-0.39, 0.29) is 0 Å². The van der Waals surface area contributed by atoms with Gasteiger partial charge in [-0.2, -0.15) is 0 Å². The van der Waals surface area contributed by atoms with Crippen molar-refractivity contribution in [1.29, 1.82) is 0 Å². The molecular formula is C45H27N5. The number of aromatic nitrogens is 5. The predicted molar refractivity (Wildman–Crippen MR) is 206 cm³/mol. The molecule has 0 aliphatic rings. The van der Waals surface area contributed by atoms with Crippen LogP contribution in [0.1, 0.15) is 0 Å². The summed E-state index contributed by atoms with van der Waals surface area (Å²) in [5, 5.41) is 7.18. The molecule has 11 aromatic rings. The molecule has 7 aromatic carbocycles. The lowest BCUT2D eigenvalue weighted by atomic mass is 10.1. The molecule has 4 aromatic heterocycles. The van der Waals surface area contributed by atoms with Crippen LogP contribution in [0.4, 0.5) is 0 Å². The molecule has 0 aliphatic heterocycles. The Labute approximate surface area is 286 Å². The summed E-state index contributed by atoms with van der Waals surface area (Å²) in [6, 6.07) is 57.8. The monoisotopic (exact) mass is 637 g/mol. The van der Waals surface area contributed by atoms with Gasteiger partial charge in [-0.25, -0.2) is 15.0 Å². The molecule has 0 N–H and O–H groups in total. The summed E-state index contributed by atoms with van der Waals surface area (Å²) < 4.78 is 4.92. The maximum atomic E-state index is 5.20. The lowest BCUT2D eigenvalue weighted by molar-refractivity contribution is 1.07. The molecule has 0 spiro atoms. The highest BCUT2D eigenvalue weighted by Gasteiger charge is 2.22. The zero-order valence-corrected chi connectivity index (χ0v) is 26.8. The quantitative estimate of drug-likeness (QED) is 0.194. The minimum Gasteiger partial charge on any atom is -0.307 e. The first-order chi connectivity index (χ1) is 24.8. The van der Waals surface area contributed by atoms with Crippen LogP contribution in [-0.4, -0.2) is 23.8 Å². The van der Waals surface area contributed by atoms with Crippen molar-refractivity contribution >= 4 is 65.4 Å². The lowest BCUT2D eigenvalue weighted by Gasteiger charge is -2.12. The molecule has 0 unspecified atom stereocenters. The van der Waals surface area contributed by atoms with E-state index in [2.05, 4.69) is 136 Å². The largest absolute Gasteiger partial charge is 0.307 e. The summed E-state index contributed by atoms with van der Waals surface area (Å²) >= 11 is 0. The minimum absolute atomic E-state index is 0.638. The van der Waals surface area contributed by atoms with Gasteiger partial charge in [0.25, 0.3) is 0 Å². The minimum atomic E-state index is 0.638. The van der Waals surface area contributed by atoms with Gasteiger partial charge in [0.1, 0.15) is 0 Å². The van der Waals surface area contributed by atoms with E-state index in [9.17, 15) is 0 Å². The topological polar surface area (TPSA) is 47.5 Å². The molecule has 0 bridgehead atoms. The highest BCUT2D eigenvalue weighted by atomic mass is 15.0. The van der Waals surface area contributed by atoms with E-state index in [1.807, 2.05) is 36.4 Å². The molecule has 0 atom stereocenters. The van der Waals surface area contributed by atoms with E-state index in [0.29, 0.717) is 17.5 Å². The summed E-state index contributed by atoms with van der Waals surface area (Å²) in [7, 11) is 0. The van der Waals surface area contributed by atoms with Gasteiger partial charge in [-0.3, -0.25) is 0 Å². The first kappa shape index (κ1) is 27.1. The van der Waals surface area contributed by atoms with Crippen molar-refractivity contribution < 1.29 is 0 Å². The fourth-order valence-corrected chi connectivity index (χ4v) is 8.01. The van der Waals surface area contributed by atoms with E-state index < -0.39 is 0 Å². The zero-order chi connectivity index (χ0) is 32.8. The van der Waals surface area contributed by atoms with Gasteiger partial charge in [-0.15, -0.1) is 0 Å². The molecular weight excluding hydrogens is 611 g/mol. The Hall–Kier alpha value is -6.85. The molecule has 0 saturated carbocycles. The van der Waals surface area contributed by atoms with Gasteiger partial charge in [-0.1, -0.05) is 140 Å². The fourth-order valence-electron chi connectivity index (χ4n) is 8.01. The molecule has 0 fully saturated rings. The number of hydrogen-bond donors (Lipinski definition) is 0. The summed E-state index contributed by atoms with van der Waals surface area (Å²) in [6.45, 7) is 0. The first-order valence-electron chi connectivity index (χ1n) is 16.9. The highest BCUT2D eigenvalue weighted by Crippen LogP contribution is 2.42. The van der Waals surface area contributed by atoms with Crippen LogP contribution >= 0.6 is 0 Å². The smallest absolute Gasteiger partial charge is 0.166 e. The standard InChI is InChI=1S/C45H27N5/c1-3-14-28(15-4-1)43-46-44(29-16-5-2-6-17-29)48-45(47-43)36-24-12-22-35-34-21-11-20-32-30-18-7-9-25-37(30)49-38-26-10-8-19-31(38)33-23-13-27-39(42(33)49)50(40(32)34)41(35)36/h1-27H. The summed E-state index contributed by atoms with van der Waals surface area (Å²) in [5.74, 6) is 1.93. The Morgan fingerprint density at radius 3 is 1.32 bits per heavy atom. The van der Waals surface area contributed by atoms with Crippen LogP contribution in [0.15, 0.2) is 164 Å². The molecule has 232 valence electrons. The average Bonchev–Trinajstić information content (AvgIpc) is 3.71. The molecule has 0 amide bonds. The molecule has 5 heteroatoms. The van der Waals surface area contributed by atoms with Gasteiger partial charge in [0.2, 0.25) is 0 Å². The average molecular weight is 638 g/mol. The van der Waals surface area contributed by atoms with Crippen molar-refractivity contribution in [2.45, 2.75) is 0 Å². The molecule has 11 rings (SSSR count). The number of fused-ring (bicyclic) bond motifs is 10. The zero-order valence-electron chi connectivity index (χ0n) is 26.8. The van der Waals surface area contributed by atoms with Gasteiger partial charge in [0, 0.05) is 49.0 Å². The first-order valence-corrected chi connectivity index (χ1v) is 16.9. The van der Waals surface area contributed by atoms with Crippen molar-refractivity contribution in [3.63, 3.8) is 0 Å². The molecule has 0 saturated heterocycles. The maximum Gasteiger partial charge on any atom is 0.166 e. The Kier molecular flexibility index (Phi) is 5.60. The fraction of sp³-hybridized carbons (Fsp3) is 0. The van der Waals surface area contributed by atoms with Crippen molar-refractivity contribution in [1.82, 2.24) is 23.8 Å². The summed E-state index contributed by atoms with van der Waals surface area (Å²) in [6.07, 6.45) is 0. The van der Waals surface area contributed by atoms with Crippen molar-refractivity contribution in [2.24, 2.45) is 0 Å². The van der Waals surface area contributed by atoms with Crippen molar-refractivity contribution in [3.8, 4) is 34.2 Å². The van der Waals surface area contributed by atoms with E-state index in [1.54, 1.807) is 0 Å². The van der Waals surface area contributed by atoms with Crippen LogP contribution in [0.25, 0.3) is 99.6 Å². The second kappa shape index (κ2) is 10.3. The van der Waals surface area contributed by atoms with Gasteiger partial charge < -0.3 is 8.80 Å². The summed E-state index contributed by atoms with van der Waals surface area (Å²) in [4.78, 5) is 15.4. The van der Waals surface area contributed by atoms with Gasteiger partial charge in [-0.05, 0) is 24.3 Å². The molecule has 4 heterocycles. The second-order valence-electron chi connectivity index (χ2n) is 12.8. The molecule has 5 nitrogen and oxygen atoms in total. The van der Waals surface area contributed by atoms with Crippen molar-refractivity contribution in [2.75, 3.05) is 0 Å². The highest BCUT2D eigenvalue weighted by molar-refractivity contribution is 6.24. The van der Waals surface area contributed by atoms with Crippen LogP contribution in [0.3, 0.4) is 0 Å². The number of para-hydroxylation sites is 5. The third-order valence-corrected chi connectivity index (χ3v) is 10.1. The normalized spacial score (nSPS) is 12.0. The van der Waals surface area contributed by atoms with E-state index in [1.165, 1.54) is 49.0 Å². The molecule has 0 radical (unpaired) electrons. The lowest BCUT2D eigenvalue weighted by Crippen LogP contribution is -2.01. The Morgan fingerprint density at radius 2 is 0.700 bits per heavy atom. The second-order valence-corrected chi connectivity index (χ2v) is 12.8. The predicted octanol–water partition coefficient (Wildman–Crippen LogP) is 11.1.